The Labute approximate surface area is 173 Å². The maximum atomic E-state index is 13.3. The molecule has 5 rings (SSSR count). The highest BCUT2D eigenvalue weighted by atomic mass is 19.4. The van der Waals surface area contributed by atoms with Crippen molar-refractivity contribution in [2.24, 2.45) is 5.92 Å². The zero-order chi connectivity index (χ0) is 22.1. The van der Waals surface area contributed by atoms with Gasteiger partial charge in [0, 0.05) is 29.3 Å². The Balaban J connectivity index is 1.60. The van der Waals surface area contributed by atoms with Crippen LogP contribution in [0.5, 0.6) is 0 Å². The Morgan fingerprint density at radius 3 is 2.26 bits per heavy atom. The fourth-order valence-electron chi connectivity index (χ4n) is 4.71. The Morgan fingerprint density at radius 1 is 0.935 bits per heavy atom. The first-order valence-electron chi connectivity index (χ1n) is 9.81. The summed E-state index contributed by atoms with van der Waals surface area (Å²) in [4.78, 5) is 0. The van der Waals surface area contributed by atoms with Crippen LogP contribution in [0.15, 0.2) is 42.5 Å². The van der Waals surface area contributed by atoms with E-state index in [1.807, 2.05) is 35.8 Å². The molecule has 3 aromatic rings. The van der Waals surface area contributed by atoms with Gasteiger partial charge in [-0.3, -0.25) is 0 Å². The van der Waals surface area contributed by atoms with Crippen LogP contribution in [-0.2, 0) is 17.1 Å². The summed E-state index contributed by atoms with van der Waals surface area (Å²) in [5, 5.41) is 3.92. The lowest BCUT2D eigenvalue weighted by molar-refractivity contribution is -0.143. The summed E-state index contributed by atoms with van der Waals surface area (Å²) in [6.45, 7) is 2.43. The average Bonchev–Trinajstić information content (AvgIpc) is 3.33. The van der Waals surface area contributed by atoms with E-state index >= 15 is 0 Å². The van der Waals surface area contributed by atoms with Crippen molar-refractivity contribution < 1.29 is 31.1 Å². The Hall–Kier alpha value is -2.68. The zero-order valence-electron chi connectivity index (χ0n) is 16.3. The van der Waals surface area contributed by atoms with E-state index in [4.69, 9.17) is 4.74 Å². The van der Waals surface area contributed by atoms with Crippen molar-refractivity contribution in [1.82, 2.24) is 4.57 Å². The van der Waals surface area contributed by atoms with Crippen molar-refractivity contribution in [2.75, 3.05) is 11.9 Å². The van der Waals surface area contributed by atoms with Crippen LogP contribution < -0.4 is 5.32 Å². The van der Waals surface area contributed by atoms with E-state index in [2.05, 4.69) is 5.32 Å². The minimum atomic E-state index is -4.89. The molecule has 3 nitrogen and oxygen atoms in total. The normalized spacial score (nSPS) is 23.3. The minimum absolute atomic E-state index is 0.0930. The first-order chi connectivity index (χ1) is 14.5. The third kappa shape index (κ3) is 3.35. The number of hydrogen-bond donors (Lipinski definition) is 1. The predicted molar refractivity (Wildman–Crippen MR) is 103 cm³/mol. The number of fused-ring (bicyclic) bond motifs is 5. The molecule has 31 heavy (non-hydrogen) atoms. The molecule has 1 saturated heterocycles. The molecule has 0 amide bonds. The highest BCUT2D eigenvalue weighted by molar-refractivity contribution is 5.83. The van der Waals surface area contributed by atoms with E-state index < -0.39 is 29.5 Å². The molecular formula is C22H18F6N2O. The number of hydrogen-bond acceptors (Lipinski definition) is 2. The molecule has 9 heteroatoms. The number of aromatic nitrogens is 1. The third-order valence-corrected chi connectivity index (χ3v) is 6.04. The Kier molecular flexibility index (Phi) is 4.35. The van der Waals surface area contributed by atoms with Crippen molar-refractivity contribution in [3.8, 4) is 0 Å². The number of benzene rings is 2. The molecule has 0 spiro atoms. The van der Waals surface area contributed by atoms with Crippen LogP contribution in [0.25, 0.3) is 10.9 Å². The van der Waals surface area contributed by atoms with Crippen molar-refractivity contribution in [3.05, 3.63) is 64.8 Å². The van der Waals surface area contributed by atoms with Gasteiger partial charge in [-0.05, 0) is 49.7 Å². The molecule has 0 aliphatic carbocycles. The van der Waals surface area contributed by atoms with Crippen molar-refractivity contribution >= 4 is 16.6 Å². The van der Waals surface area contributed by atoms with E-state index in [1.165, 1.54) is 0 Å². The second kappa shape index (κ2) is 6.66. The molecule has 0 saturated carbocycles. The first kappa shape index (κ1) is 20.2. The molecule has 3 atom stereocenters. The number of ether oxygens (including phenoxy) is 1. The van der Waals surface area contributed by atoms with Crippen LogP contribution in [0, 0.1) is 12.8 Å². The SMILES string of the molecule is Cc1ccc2c(c1)cc1n2[C@H]2OCC[C@H]2[C@H]1Nc1cc(C(F)(F)F)cc(C(F)(F)F)c1. The summed E-state index contributed by atoms with van der Waals surface area (Å²) in [5.74, 6) is -0.0930. The lowest BCUT2D eigenvalue weighted by atomic mass is 9.96. The van der Waals surface area contributed by atoms with E-state index in [0.717, 1.165) is 34.3 Å². The maximum absolute atomic E-state index is 13.3. The Morgan fingerprint density at radius 2 is 1.61 bits per heavy atom. The van der Waals surface area contributed by atoms with Crippen LogP contribution in [0.3, 0.4) is 0 Å². The molecular weight excluding hydrogens is 422 g/mol. The van der Waals surface area contributed by atoms with E-state index in [9.17, 15) is 26.3 Å². The molecule has 1 aromatic heterocycles. The largest absolute Gasteiger partial charge is 0.416 e. The lowest BCUT2D eigenvalue weighted by Crippen LogP contribution is -2.18. The van der Waals surface area contributed by atoms with Gasteiger partial charge in [-0.1, -0.05) is 11.6 Å². The number of rotatable bonds is 2. The summed E-state index contributed by atoms with van der Waals surface area (Å²) >= 11 is 0. The van der Waals surface area contributed by atoms with E-state index in [0.29, 0.717) is 13.0 Å². The van der Waals surface area contributed by atoms with Crippen LogP contribution in [-0.4, -0.2) is 11.2 Å². The summed E-state index contributed by atoms with van der Waals surface area (Å²) < 4.78 is 87.5. The number of nitrogens with one attached hydrogen (secondary N) is 1. The van der Waals surface area contributed by atoms with E-state index in [1.54, 1.807) is 0 Å². The van der Waals surface area contributed by atoms with Crippen molar-refractivity contribution in [1.29, 1.82) is 0 Å². The second-order valence-corrected chi connectivity index (χ2v) is 8.13. The minimum Gasteiger partial charge on any atom is -0.376 e. The van der Waals surface area contributed by atoms with Crippen LogP contribution in [0.1, 0.15) is 41.1 Å². The summed E-state index contributed by atoms with van der Waals surface area (Å²) in [6.07, 6.45) is -9.43. The number of anilines is 1. The molecule has 3 heterocycles. The van der Waals surface area contributed by atoms with Gasteiger partial charge in [0.15, 0.2) is 0 Å². The molecule has 164 valence electrons. The van der Waals surface area contributed by atoms with Crippen LogP contribution in [0.2, 0.25) is 0 Å². The number of halogens is 6. The van der Waals surface area contributed by atoms with Gasteiger partial charge in [0.25, 0.3) is 0 Å². The zero-order valence-corrected chi connectivity index (χ0v) is 16.3. The first-order valence-corrected chi connectivity index (χ1v) is 9.81. The topological polar surface area (TPSA) is 26.2 Å². The van der Waals surface area contributed by atoms with Gasteiger partial charge in [0.2, 0.25) is 0 Å². The van der Waals surface area contributed by atoms with Gasteiger partial charge >= 0.3 is 12.4 Å². The fraction of sp³-hybridized carbons (Fsp3) is 0.364. The Bertz CT molecular complexity index is 1130. The predicted octanol–water partition coefficient (Wildman–Crippen LogP) is 6.69. The standard InChI is InChI=1S/C22H18F6N2O/c1-11-2-3-17-12(6-11)7-18-19(16-4-5-31-20(16)30(17)18)29-15-9-13(21(23,24)25)8-14(10-15)22(26,27)28/h2-3,6-10,16,19-20,29H,4-5H2,1H3/t16-,19+,20-/m0/s1. The molecule has 0 unspecified atom stereocenters. The molecule has 0 bridgehead atoms. The maximum Gasteiger partial charge on any atom is 0.416 e. The molecule has 1 fully saturated rings. The highest BCUT2D eigenvalue weighted by Crippen LogP contribution is 2.51. The summed E-state index contributed by atoms with van der Waals surface area (Å²) in [7, 11) is 0. The molecule has 0 radical (unpaired) electrons. The van der Waals surface area contributed by atoms with Gasteiger partial charge in [-0.2, -0.15) is 26.3 Å². The smallest absolute Gasteiger partial charge is 0.376 e. The number of alkyl halides is 6. The van der Waals surface area contributed by atoms with E-state index in [-0.39, 0.29) is 23.9 Å². The van der Waals surface area contributed by atoms with Crippen molar-refractivity contribution in [3.63, 3.8) is 0 Å². The number of nitrogens with zero attached hydrogens (tertiary/aromatic N) is 1. The van der Waals surface area contributed by atoms with Crippen LogP contribution >= 0.6 is 0 Å². The summed E-state index contributed by atoms with van der Waals surface area (Å²) in [5.41, 5.74) is -0.106. The third-order valence-electron chi connectivity index (χ3n) is 6.04. The second-order valence-electron chi connectivity index (χ2n) is 8.13. The van der Waals surface area contributed by atoms with Gasteiger partial charge in [0.1, 0.15) is 6.23 Å². The van der Waals surface area contributed by atoms with Gasteiger partial charge in [-0.15, -0.1) is 0 Å². The van der Waals surface area contributed by atoms with Crippen molar-refractivity contribution in [2.45, 2.75) is 38.0 Å². The molecule has 2 aliphatic heterocycles. The monoisotopic (exact) mass is 440 g/mol. The van der Waals surface area contributed by atoms with Gasteiger partial charge < -0.3 is 14.6 Å². The molecule has 2 aromatic carbocycles. The molecule has 1 N–H and O–H groups in total. The highest BCUT2D eigenvalue weighted by Gasteiger charge is 2.46. The average molecular weight is 440 g/mol. The summed E-state index contributed by atoms with van der Waals surface area (Å²) in [6, 6.07) is 8.98. The van der Waals surface area contributed by atoms with Gasteiger partial charge in [0.05, 0.1) is 22.7 Å². The fourth-order valence-corrected chi connectivity index (χ4v) is 4.71. The quantitative estimate of drug-likeness (QED) is 0.450. The number of aryl methyl sites for hydroxylation is 1. The van der Waals surface area contributed by atoms with Gasteiger partial charge in [-0.25, -0.2) is 0 Å². The lowest BCUT2D eigenvalue weighted by Gasteiger charge is -2.22. The van der Waals surface area contributed by atoms with Crippen LogP contribution in [0.4, 0.5) is 32.0 Å². The molecule has 2 aliphatic rings.